The highest BCUT2D eigenvalue weighted by molar-refractivity contribution is 5.07. The summed E-state index contributed by atoms with van der Waals surface area (Å²) < 4.78 is -0.185. The fourth-order valence-electron chi connectivity index (χ4n) is 3.49. The first-order chi connectivity index (χ1) is 14.5. The minimum atomic E-state index is -0.185. The molecule has 2 nitrogen and oxygen atoms in total. The Kier molecular flexibility index (Phi) is 16.4. The number of allylic oxidation sites excluding steroid dienone is 10. The van der Waals surface area contributed by atoms with Crippen LogP contribution in [0.3, 0.4) is 0 Å². The van der Waals surface area contributed by atoms with E-state index in [1.165, 1.54) is 47.1 Å². The largest absolute Gasteiger partial charge is 0.633 e. The third-order valence-electron chi connectivity index (χ3n) is 5.57. The van der Waals surface area contributed by atoms with Crippen LogP contribution in [0.4, 0.5) is 0 Å². The smallest absolute Gasteiger partial charge is 0.0782 e. The van der Waals surface area contributed by atoms with Crippen molar-refractivity contribution in [3.8, 4) is 0 Å². The molecule has 0 aliphatic carbocycles. The van der Waals surface area contributed by atoms with Gasteiger partial charge in [-0.3, -0.25) is 0 Å². The molecular formula is C29H51NO. The minimum Gasteiger partial charge on any atom is -0.633 e. The number of hydrogen-bond donors (Lipinski definition) is 0. The van der Waals surface area contributed by atoms with Crippen LogP contribution in [-0.4, -0.2) is 25.3 Å². The molecule has 178 valence electrons. The van der Waals surface area contributed by atoms with Gasteiger partial charge in [-0.1, -0.05) is 58.2 Å². The van der Waals surface area contributed by atoms with Gasteiger partial charge in [0, 0.05) is 6.42 Å². The van der Waals surface area contributed by atoms with Crippen LogP contribution in [0.2, 0.25) is 0 Å². The van der Waals surface area contributed by atoms with E-state index in [4.69, 9.17) is 0 Å². The lowest BCUT2D eigenvalue weighted by atomic mass is 10.0. The molecule has 0 rings (SSSR count). The number of quaternary nitrogens is 1. The first kappa shape index (κ1) is 29.6. The van der Waals surface area contributed by atoms with E-state index >= 15 is 0 Å². The lowest BCUT2D eigenvalue weighted by Gasteiger charge is -2.33. The van der Waals surface area contributed by atoms with E-state index in [1.54, 1.807) is 14.1 Å². The maximum Gasteiger partial charge on any atom is 0.0782 e. The molecule has 2 heteroatoms. The predicted octanol–water partition coefficient (Wildman–Crippen LogP) is 9.21. The zero-order chi connectivity index (χ0) is 23.7. The van der Waals surface area contributed by atoms with Gasteiger partial charge < -0.3 is 9.85 Å². The summed E-state index contributed by atoms with van der Waals surface area (Å²) in [5.74, 6) is 0. The Labute approximate surface area is 194 Å². The topological polar surface area (TPSA) is 23.1 Å². The molecule has 0 radical (unpaired) electrons. The summed E-state index contributed by atoms with van der Waals surface area (Å²) in [5.41, 5.74) is 7.35. The van der Waals surface area contributed by atoms with Gasteiger partial charge in [-0.2, -0.15) is 0 Å². The highest BCUT2D eigenvalue weighted by Gasteiger charge is 2.01. The van der Waals surface area contributed by atoms with Crippen LogP contribution >= 0.6 is 0 Å². The lowest BCUT2D eigenvalue weighted by Crippen LogP contribution is -2.33. The number of rotatable bonds is 16. The number of hydrogen-bond acceptors (Lipinski definition) is 1. The van der Waals surface area contributed by atoms with Gasteiger partial charge in [0.2, 0.25) is 0 Å². The molecule has 0 saturated carbocycles. The van der Waals surface area contributed by atoms with Crippen LogP contribution in [0.15, 0.2) is 58.2 Å². The first-order valence-electron chi connectivity index (χ1n) is 12.3. The molecule has 0 spiro atoms. The zero-order valence-corrected chi connectivity index (χ0v) is 22.0. The molecule has 0 aliphatic rings. The Bertz CT molecular complexity index is 634. The summed E-state index contributed by atoms with van der Waals surface area (Å²) >= 11 is 0. The summed E-state index contributed by atoms with van der Waals surface area (Å²) in [7, 11) is 3.44. The van der Waals surface area contributed by atoms with Gasteiger partial charge in [-0.25, -0.2) is 0 Å². The predicted molar refractivity (Wildman–Crippen MR) is 141 cm³/mol. The summed E-state index contributed by atoms with van der Waals surface area (Å²) in [5, 5.41) is 11.6. The lowest BCUT2D eigenvalue weighted by molar-refractivity contribution is -0.840. The summed E-state index contributed by atoms with van der Waals surface area (Å²) in [6, 6.07) is 0. The maximum absolute atomic E-state index is 11.6. The monoisotopic (exact) mass is 429 g/mol. The molecule has 0 aliphatic heterocycles. The van der Waals surface area contributed by atoms with Gasteiger partial charge in [0.1, 0.15) is 0 Å². The molecule has 0 saturated heterocycles. The van der Waals surface area contributed by atoms with E-state index < -0.39 is 0 Å². The van der Waals surface area contributed by atoms with Crippen molar-refractivity contribution in [2.45, 2.75) is 106 Å². The highest BCUT2D eigenvalue weighted by Crippen LogP contribution is 2.14. The molecule has 0 bridgehead atoms. The second-order valence-electron chi connectivity index (χ2n) is 10.1. The van der Waals surface area contributed by atoms with Crippen molar-refractivity contribution in [1.29, 1.82) is 0 Å². The van der Waals surface area contributed by atoms with Gasteiger partial charge >= 0.3 is 0 Å². The van der Waals surface area contributed by atoms with Crippen LogP contribution in [0, 0.1) is 5.21 Å². The third kappa shape index (κ3) is 21.6. The molecule has 0 unspecified atom stereocenters. The third-order valence-corrected chi connectivity index (χ3v) is 5.57. The van der Waals surface area contributed by atoms with E-state index in [1.807, 2.05) is 0 Å². The van der Waals surface area contributed by atoms with E-state index in [0.29, 0.717) is 6.54 Å². The second-order valence-corrected chi connectivity index (χ2v) is 10.1. The van der Waals surface area contributed by atoms with Crippen LogP contribution < -0.4 is 0 Å². The minimum absolute atomic E-state index is 0.185. The fourth-order valence-corrected chi connectivity index (χ4v) is 3.49. The summed E-state index contributed by atoms with van der Waals surface area (Å²) in [6.45, 7) is 14.0. The van der Waals surface area contributed by atoms with Crippen molar-refractivity contribution in [1.82, 2.24) is 0 Å². The van der Waals surface area contributed by atoms with E-state index in [9.17, 15) is 5.21 Å². The van der Waals surface area contributed by atoms with Crippen molar-refractivity contribution in [2.24, 2.45) is 0 Å². The SMILES string of the molecule is CC(C)=CCC/C(C)=C/CC/C(C)=C/CC/C=C(\C)CC/C=C(\C)CCC[N+](C)(C)[O-]. The standard InChI is InChI=1S/C29H51NO/c1-25(2)15-11-18-28(5)21-12-19-26(3)16-9-10-17-27(4)20-13-22-29(6)23-14-24-30(7,8)31/h15-17,21-22H,9-14,18-20,23-24H2,1-8H3/b26-16+,27-17+,28-21+,29-22+. The summed E-state index contributed by atoms with van der Waals surface area (Å²) in [6.07, 6.45) is 23.1. The average molecular weight is 430 g/mol. The molecule has 0 aromatic rings. The Hall–Kier alpha value is -1.38. The molecular weight excluding hydrogens is 378 g/mol. The normalized spacial score (nSPS) is 14.2. The van der Waals surface area contributed by atoms with Gasteiger partial charge in [0.05, 0.1) is 20.6 Å². The first-order valence-corrected chi connectivity index (χ1v) is 12.3. The molecule has 0 fully saturated rings. The van der Waals surface area contributed by atoms with Gasteiger partial charge in [-0.05, 0) is 99.3 Å². The fraction of sp³-hybridized carbons (Fsp3) is 0.655. The Morgan fingerprint density at radius 1 is 0.548 bits per heavy atom. The van der Waals surface area contributed by atoms with E-state index in [-0.39, 0.29) is 4.65 Å². The van der Waals surface area contributed by atoms with Gasteiger partial charge in [-0.15, -0.1) is 0 Å². The molecule has 0 heterocycles. The molecule has 31 heavy (non-hydrogen) atoms. The average Bonchev–Trinajstić information content (AvgIpc) is 2.64. The van der Waals surface area contributed by atoms with E-state index in [2.05, 4.69) is 71.9 Å². The number of hydroxylamine groups is 3. The van der Waals surface area contributed by atoms with Crippen molar-refractivity contribution >= 4 is 0 Å². The molecule has 0 aromatic heterocycles. The van der Waals surface area contributed by atoms with Crippen molar-refractivity contribution < 1.29 is 4.65 Å². The highest BCUT2D eigenvalue weighted by atomic mass is 16.5. The molecule has 0 aromatic carbocycles. The maximum atomic E-state index is 11.6. The van der Waals surface area contributed by atoms with Crippen LogP contribution in [0.5, 0.6) is 0 Å². The Morgan fingerprint density at radius 3 is 1.29 bits per heavy atom. The van der Waals surface area contributed by atoms with Crippen molar-refractivity contribution in [3.63, 3.8) is 0 Å². The molecule has 0 atom stereocenters. The van der Waals surface area contributed by atoms with Gasteiger partial charge in [0.15, 0.2) is 0 Å². The van der Waals surface area contributed by atoms with Crippen LogP contribution in [0.1, 0.15) is 106 Å². The Balaban J connectivity index is 4.04. The molecule has 0 amide bonds. The van der Waals surface area contributed by atoms with Crippen molar-refractivity contribution in [3.05, 3.63) is 63.5 Å². The Morgan fingerprint density at radius 2 is 0.903 bits per heavy atom. The number of unbranched alkanes of at least 4 members (excludes halogenated alkanes) is 1. The second kappa shape index (κ2) is 17.2. The van der Waals surface area contributed by atoms with Crippen LogP contribution in [0.25, 0.3) is 0 Å². The summed E-state index contributed by atoms with van der Waals surface area (Å²) in [4.78, 5) is 0. The zero-order valence-electron chi connectivity index (χ0n) is 22.0. The van der Waals surface area contributed by atoms with E-state index in [0.717, 1.165) is 44.9 Å². The van der Waals surface area contributed by atoms with Crippen molar-refractivity contribution in [2.75, 3.05) is 20.6 Å². The quantitative estimate of drug-likeness (QED) is 0.104. The van der Waals surface area contributed by atoms with Gasteiger partial charge in [0.25, 0.3) is 0 Å². The van der Waals surface area contributed by atoms with Crippen LogP contribution in [-0.2, 0) is 0 Å². The number of nitrogens with zero attached hydrogens (tertiary/aromatic N) is 1. The molecule has 0 N–H and O–H groups in total.